The van der Waals surface area contributed by atoms with Crippen molar-refractivity contribution in [2.45, 2.75) is 0 Å². The van der Waals surface area contributed by atoms with Gasteiger partial charge in [-0.1, -0.05) is 0 Å². The Bertz CT molecular complexity index is 560. The van der Waals surface area contributed by atoms with Gasteiger partial charge in [0.05, 0.1) is 0 Å². The molecular formula is C14H17GeINO4. The molecule has 0 saturated heterocycles. The molecule has 2 rings (SSSR count). The Morgan fingerprint density at radius 1 is 0.952 bits per heavy atom. The smallest absolute Gasteiger partial charge is 0.412 e. The molecule has 0 aliphatic heterocycles. The molecule has 0 heterocycles. The van der Waals surface area contributed by atoms with Gasteiger partial charge in [-0.15, -0.1) is 0 Å². The number of amides is 1. The van der Waals surface area contributed by atoms with Crippen LogP contribution in [-0.4, -0.2) is 45.9 Å². The number of benzene rings is 2. The third-order valence-corrected chi connectivity index (χ3v) is 4.07. The first-order valence-corrected chi connectivity index (χ1v) is 7.56. The average molecular weight is 463 g/mol. The molecule has 2 aromatic carbocycles. The van der Waals surface area contributed by atoms with E-state index in [0.717, 1.165) is 9.26 Å². The molecule has 1 amide bonds. The van der Waals surface area contributed by atoms with Gasteiger partial charge in [0.1, 0.15) is 0 Å². The molecule has 0 spiro atoms. The van der Waals surface area contributed by atoms with Crippen LogP contribution in [0.15, 0.2) is 48.5 Å². The van der Waals surface area contributed by atoms with Crippen LogP contribution in [0.1, 0.15) is 10.4 Å². The maximum Gasteiger partial charge on any atom is -0.412 e. The van der Waals surface area contributed by atoms with Crippen LogP contribution < -0.4 is 9.30 Å². The van der Waals surface area contributed by atoms with Gasteiger partial charge in [0, 0.05) is 0 Å². The van der Waals surface area contributed by atoms with Crippen LogP contribution in [0.5, 0.6) is 0 Å². The van der Waals surface area contributed by atoms with E-state index < -0.39 is 0 Å². The molecule has 113 valence electrons. The molecule has 0 aliphatic carbocycles. The Hall–Kier alpha value is -0.937. The van der Waals surface area contributed by atoms with Gasteiger partial charge >= 0.3 is 130 Å². The predicted octanol–water partition coefficient (Wildman–Crippen LogP) is -0.113. The minimum Gasteiger partial charge on any atom is -0.412 e. The zero-order valence-electron chi connectivity index (χ0n) is 11.4. The molecular weight excluding hydrogens is 446 g/mol. The number of nitrogens with zero attached hydrogens (tertiary/aromatic N) is 1. The number of carbonyl (C=O) groups excluding carboxylic acids is 1. The molecule has 0 unspecified atom stereocenters. The normalized spacial score (nSPS) is 8.71. The van der Waals surface area contributed by atoms with Crippen LogP contribution in [-0.2, 0) is 0 Å². The van der Waals surface area contributed by atoms with Crippen LogP contribution in [0, 0.1) is 3.57 Å². The van der Waals surface area contributed by atoms with Crippen molar-refractivity contribution in [3.63, 3.8) is 0 Å². The van der Waals surface area contributed by atoms with E-state index in [-0.39, 0.29) is 22.3 Å². The van der Waals surface area contributed by atoms with Crippen LogP contribution in [0.3, 0.4) is 0 Å². The van der Waals surface area contributed by atoms with E-state index in [1.807, 2.05) is 65.0 Å². The number of rotatable bonds is 2. The first kappa shape index (κ1) is 22.3. The Morgan fingerprint density at radius 2 is 1.43 bits per heavy atom. The molecule has 0 saturated carbocycles. The maximum absolute atomic E-state index is 12.3. The minimum atomic E-state index is 0. The summed E-state index contributed by atoms with van der Waals surface area (Å²) >= 11 is 4.26. The number of hydrogen-bond acceptors (Lipinski definition) is 1. The predicted molar refractivity (Wildman–Crippen MR) is 94.6 cm³/mol. The topological polar surface area (TPSA) is 115 Å². The number of carbonyl (C=O) groups is 1. The molecule has 0 atom stereocenters. The molecule has 21 heavy (non-hydrogen) atoms. The van der Waals surface area contributed by atoms with Crippen LogP contribution in [0.4, 0.5) is 5.69 Å². The van der Waals surface area contributed by atoms with Gasteiger partial charge in [0.25, 0.3) is 0 Å². The van der Waals surface area contributed by atoms with Crippen molar-refractivity contribution < 1.29 is 21.2 Å². The molecule has 6 N–H and O–H groups in total. The molecule has 0 bridgehead atoms. The summed E-state index contributed by atoms with van der Waals surface area (Å²) in [6, 6.07) is 15.5. The summed E-state index contributed by atoms with van der Waals surface area (Å²) in [7, 11) is 1.80. The SMILES string of the molecule is CN(C(=O)c1ccc(I)cc1)c1cc[c]([Ge])cc1.O.O.O. The fourth-order valence-corrected chi connectivity index (χ4v) is 2.30. The molecule has 5 nitrogen and oxygen atoms in total. The fourth-order valence-electron chi connectivity index (χ4n) is 1.59. The van der Waals surface area contributed by atoms with Crippen molar-refractivity contribution in [2.24, 2.45) is 0 Å². The van der Waals surface area contributed by atoms with Crippen LogP contribution in [0.2, 0.25) is 0 Å². The fraction of sp³-hybridized carbons (Fsp3) is 0.0714. The summed E-state index contributed by atoms with van der Waals surface area (Å²) in [5, 5.41) is 0. The van der Waals surface area contributed by atoms with E-state index in [1.165, 1.54) is 4.40 Å². The van der Waals surface area contributed by atoms with E-state index in [2.05, 4.69) is 22.6 Å². The first-order chi connectivity index (χ1) is 8.58. The quantitative estimate of drug-likeness (QED) is 0.449. The molecule has 7 heteroatoms. The van der Waals surface area contributed by atoms with E-state index >= 15 is 0 Å². The summed E-state index contributed by atoms with van der Waals surface area (Å²) < 4.78 is 2.32. The van der Waals surface area contributed by atoms with E-state index in [0.29, 0.717) is 5.56 Å². The molecule has 0 aromatic heterocycles. The number of hydrogen-bond donors (Lipinski definition) is 0. The monoisotopic (exact) mass is 464 g/mol. The summed E-state index contributed by atoms with van der Waals surface area (Å²) in [6.45, 7) is 0. The van der Waals surface area contributed by atoms with Gasteiger partial charge in [-0.25, -0.2) is 0 Å². The second-order valence-corrected chi connectivity index (χ2v) is 6.37. The van der Waals surface area contributed by atoms with E-state index in [9.17, 15) is 4.79 Å². The minimum absolute atomic E-state index is 0. The third kappa shape index (κ3) is 5.75. The van der Waals surface area contributed by atoms with Gasteiger partial charge in [0.2, 0.25) is 0 Å². The Balaban J connectivity index is 0. The Kier molecular flexibility index (Phi) is 10.5. The van der Waals surface area contributed by atoms with Gasteiger partial charge in [-0.2, -0.15) is 0 Å². The van der Waals surface area contributed by atoms with Crippen molar-refractivity contribution in [1.29, 1.82) is 0 Å². The van der Waals surface area contributed by atoms with Crippen molar-refractivity contribution in [3.05, 3.63) is 57.7 Å². The standard InChI is InChI=1S/C14H11GeINO.3H2O/c1-17(13-8-4-11(15)5-9-13)14(18)10-2-6-12(16)7-3-10;;;/h2-9H,1H3;3*1H2. The van der Waals surface area contributed by atoms with Crippen molar-refractivity contribution in [1.82, 2.24) is 0 Å². The summed E-state index contributed by atoms with van der Waals surface area (Å²) in [6.07, 6.45) is 0. The van der Waals surface area contributed by atoms with E-state index in [1.54, 1.807) is 11.9 Å². The van der Waals surface area contributed by atoms with Crippen LogP contribution >= 0.6 is 22.6 Å². The van der Waals surface area contributed by atoms with Crippen molar-refractivity contribution >= 4 is 55.1 Å². The van der Waals surface area contributed by atoms with Crippen LogP contribution in [0.25, 0.3) is 0 Å². The zero-order chi connectivity index (χ0) is 13.1. The van der Waals surface area contributed by atoms with Gasteiger partial charge in [-0.05, 0) is 0 Å². The Labute approximate surface area is 145 Å². The van der Waals surface area contributed by atoms with Crippen molar-refractivity contribution in [2.75, 3.05) is 11.9 Å². The van der Waals surface area contributed by atoms with E-state index in [4.69, 9.17) is 0 Å². The second-order valence-electron chi connectivity index (χ2n) is 3.92. The summed E-state index contributed by atoms with van der Waals surface area (Å²) in [5.41, 5.74) is 1.61. The van der Waals surface area contributed by atoms with Gasteiger partial charge < -0.3 is 16.4 Å². The molecule has 0 aliphatic rings. The van der Waals surface area contributed by atoms with Gasteiger partial charge in [-0.3, -0.25) is 0 Å². The third-order valence-electron chi connectivity index (χ3n) is 2.65. The molecule has 0 fully saturated rings. The summed E-state index contributed by atoms with van der Waals surface area (Å²) in [4.78, 5) is 13.9. The number of halogens is 1. The zero-order valence-corrected chi connectivity index (χ0v) is 15.6. The van der Waals surface area contributed by atoms with Gasteiger partial charge in [0.15, 0.2) is 0 Å². The molecule has 3 radical (unpaired) electrons. The maximum atomic E-state index is 12.3. The number of anilines is 1. The first-order valence-electron chi connectivity index (χ1n) is 5.43. The second kappa shape index (κ2) is 9.90. The van der Waals surface area contributed by atoms with Crippen molar-refractivity contribution in [3.8, 4) is 0 Å². The Morgan fingerprint density at radius 3 is 1.90 bits per heavy atom. The largest absolute Gasteiger partial charge is 0.412 e. The molecule has 2 aromatic rings. The average Bonchev–Trinajstić information content (AvgIpc) is 2.39. The summed E-state index contributed by atoms with van der Waals surface area (Å²) in [5.74, 6) is 0.00949.